The number of piperidine rings is 1. The smallest absolute Gasteiger partial charge is 0.410 e. The number of methoxy groups -OCH3 is 1. The van der Waals surface area contributed by atoms with E-state index in [1.165, 1.54) is 13.3 Å². The molecule has 9 nitrogen and oxygen atoms in total. The Balaban J connectivity index is 1.71. The van der Waals surface area contributed by atoms with Gasteiger partial charge in [-0.1, -0.05) is 11.6 Å². The van der Waals surface area contributed by atoms with Gasteiger partial charge in [0.1, 0.15) is 17.1 Å². The number of ether oxygens (including phenoxy) is 2. The van der Waals surface area contributed by atoms with Gasteiger partial charge in [-0.25, -0.2) is 14.8 Å². The number of nitrogens with zero attached hydrogens (tertiary/aromatic N) is 4. The van der Waals surface area contributed by atoms with Crippen LogP contribution in [0.3, 0.4) is 0 Å². The number of aromatic nitrogens is 3. The predicted molar refractivity (Wildman–Crippen MR) is 120 cm³/mol. The van der Waals surface area contributed by atoms with Crippen molar-refractivity contribution >= 4 is 35.1 Å². The van der Waals surface area contributed by atoms with Gasteiger partial charge >= 0.3 is 6.09 Å². The van der Waals surface area contributed by atoms with E-state index in [2.05, 4.69) is 25.6 Å². The first-order valence-corrected chi connectivity index (χ1v) is 10.6. The minimum absolute atomic E-state index is 0.0603. The van der Waals surface area contributed by atoms with Crippen LogP contribution in [-0.2, 0) is 4.74 Å². The van der Waals surface area contributed by atoms with Crippen LogP contribution in [0.2, 0.25) is 5.02 Å². The van der Waals surface area contributed by atoms with Crippen molar-refractivity contribution in [2.24, 2.45) is 0 Å². The number of carbonyl (C=O) groups is 1. The molecule has 10 heteroatoms. The first kappa shape index (κ1) is 22.9. The third-order valence-corrected chi connectivity index (χ3v) is 4.85. The quantitative estimate of drug-likeness (QED) is 0.694. The zero-order chi connectivity index (χ0) is 22.6. The Morgan fingerprint density at radius 1 is 1.29 bits per heavy atom. The normalized spacial score (nSPS) is 16.6. The van der Waals surface area contributed by atoms with Crippen LogP contribution < -0.4 is 15.4 Å². The first-order chi connectivity index (χ1) is 14.6. The fourth-order valence-corrected chi connectivity index (χ4v) is 3.39. The second-order valence-electron chi connectivity index (χ2n) is 8.47. The van der Waals surface area contributed by atoms with Gasteiger partial charge in [0.05, 0.1) is 12.1 Å². The van der Waals surface area contributed by atoms with E-state index < -0.39 is 5.60 Å². The van der Waals surface area contributed by atoms with Gasteiger partial charge in [-0.05, 0) is 46.6 Å². The lowest BCUT2D eigenvalue weighted by molar-refractivity contribution is 0.0206. The molecule has 3 rings (SSSR count). The fourth-order valence-electron chi connectivity index (χ4n) is 3.23. The molecule has 1 aliphatic heterocycles. The molecular weight excluding hydrogens is 420 g/mol. The average Bonchev–Trinajstić information content (AvgIpc) is 2.70. The van der Waals surface area contributed by atoms with Crippen LogP contribution in [-0.4, -0.2) is 57.8 Å². The lowest BCUT2D eigenvalue weighted by atomic mass is 10.1. The molecule has 0 unspecified atom stereocenters. The molecule has 0 aliphatic carbocycles. The second-order valence-corrected chi connectivity index (χ2v) is 8.91. The lowest BCUT2D eigenvalue weighted by Crippen LogP contribution is -2.47. The van der Waals surface area contributed by atoms with Crippen LogP contribution in [0.15, 0.2) is 18.5 Å². The van der Waals surface area contributed by atoms with Crippen molar-refractivity contribution in [1.82, 2.24) is 19.9 Å². The van der Waals surface area contributed by atoms with Gasteiger partial charge in [0.25, 0.3) is 0 Å². The number of carbonyl (C=O) groups excluding carboxylic acids is 1. The molecule has 1 atom stereocenters. The topological polar surface area (TPSA) is 102 Å². The number of rotatable bonds is 5. The molecule has 168 valence electrons. The molecule has 2 aromatic heterocycles. The second kappa shape index (κ2) is 9.55. The molecule has 1 aliphatic rings. The number of anilines is 3. The summed E-state index contributed by atoms with van der Waals surface area (Å²) in [4.78, 5) is 27.3. The Bertz CT molecular complexity index is 934. The molecule has 0 spiro atoms. The van der Waals surface area contributed by atoms with E-state index in [-0.39, 0.29) is 12.1 Å². The molecule has 0 saturated carbocycles. The maximum atomic E-state index is 12.4. The highest BCUT2D eigenvalue weighted by Crippen LogP contribution is 2.28. The van der Waals surface area contributed by atoms with Crippen LogP contribution in [0.25, 0.3) is 0 Å². The Morgan fingerprint density at radius 3 is 2.77 bits per heavy atom. The van der Waals surface area contributed by atoms with Crippen LogP contribution in [0.1, 0.15) is 39.2 Å². The summed E-state index contributed by atoms with van der Waals surface area (Å²) in [5, 5.41) is 7.02. The summed E-state index contributed by atoms with van der Waals surface area (Å²) in [6.45, 7) is 8.77. The van der Waals surface area contributed by atoms with Crippen molar-refractivity contribution in [3.63, 3.8) is 0 Å². The highest BCUT2D eigenvalue weighted by Gasteiger charge is 2.28. The summed E-state index contributed by atoms with van der Waals surface area (Å²) in [7, 11) is 1.53. The molecule has 0 radical (unpaired) electrons. The standard InChI is InChI=1S/C21H29ClN6O3/c1-13-10-24-19(26-16-9-14(22)11-23-18(16)30-5)27-17(13)25-15-7-6-8-28(12-15)20(29)31-21(2,3)4/h9-11,15H,6-8,12H2,1-5H3,(H2,24,25,26,27)/t15-/m1/s1. The summed E-state index contributed by atoms with van der Waals surface area (Å²) >= 11 is 6.05. The molecule has 2 aromatic rings. The maximum Gasteiger partial charge on any atom is 0.410 e. The molecule has 1 saturated heterocycles. The average molecular weight is 449 g/mol. The van der Waals surface area contributed by atoms with Crippen molar-refractivity contribution in [3.05, 3.63) is 29.0 Å². The number of nitrogens with one attached hydrogen (secondary N) is 2. The molecular formula is C21H29ClN6O3. The summed E-state index contributed by atoms with van der Waals surface area (Å²) in [6.07, 6.45) is 4.76. The summed E-state index contributed by atoms with van der Waals surface area (Å²) in [5.41, 5.74) is 0.951. The Hall–Kier alpha value is -2.81. The van der Waals surface area contributed by atoms with E-state index >= 15 is 0 Å². The van der Waals surface area contributed by atoms with E-state index in [0.717, 1.165) is 18.4 Å². The number of hydrogen-bond acceptors (Lipinski definition) is 8. The number of hydrogen-bond donors (Lipinski definition) is 2. The molecule has 3 heterocycles. The molecule has 2 N–H and O–H groups in total. The first-order valence-electron chi connectivity index (χ1n) is 10.2. The highest BCUT2D eigenvalue weighted by atomic mass is 35.5. The Kier molecular flexibility index (Phi) is 7.04. The molecule has 0 aromatic carbocycles. The van der Waals surface area contributed by atoms with Gasteiger partial charge in [-0.3, -0.25) is 0 Å². The zero-order valence-electron chi connectivity index (χ0n) is 18.5. The van der Waals surface area contributed by atoms with Crippen molar-refractivity contribution in [2.75, 3.05) is 30.8 Å². The number of pyridine rings is 1. The lowest BCUT2D eigenvalue weighted by Gasteiger charge is -2.34. The van der Waals surface area contributed by atoms with Gasteiger partial charge in [0.15, 0.2) is 0 Å². The Morgan fingerprint density at radius 2 is 2.06 bits per heavy atom. The van der Waals surface area contributed by atoms with Crippen molar-refractivity contribution in [1.29, 1.82) is 0 Å². The largest absolute Gasteiger partial charge is 0.480 e. The number of likely N-dealkylation sites (tertiary alicyclic amines) is 1. The van der Waals surface area contributed by atoms with Gasteiger partial charge in [0.2, 0.25) is 11.8 Å². The zero-order valence-corrected chi connectivity index (χ0v) is 19.3. The van der Waals surface area contributed by atoms with Gasteiger partial charge in [-0.2, -0.15) is 4.98 Å². The fraction of sp³-hybridized carbons (Fsp3) is 0.524. The van der Waals surface area contributed by atoms with Crippen molar-refractivity contribution < 1.29 is 14.3 Å². The Labute approximate surface area is 187 Å². The molecule has 1 fully saturated rings. The van der Waals surface area contributed by atoms with Crippen molar-refractivity contribution in [2.45, 2.75) is 52.2 Å². The summed E-state index contributed by atoms with van der Waals surface area (Å²) in [5.74, 6) is 1.47. The van der Waals surface area contributed by atoms with E-state index in [4.69, 9.17) is 21.1 Å². The van der Waals surface area contributed by atoms with Gasteiger partial charge in [-0.15, -0.1) is 0 Å². The van der Waals surface area contributed by atoms with Crippen molar-refractivity contribution in [3.8, 4) is 5.88 Å². The van der Waals surface area contributed by atoms with Gasteiger partial charge in [0, 0.05) is 37.1 Å². The third-order valence-electron chi connectivity index (χ3n) is 4.64. The number of aryl methyl sites for hydroxylation is 1. The monoisotopic (exact) mass is 448 g/mol. The van der Waals surface area contributed by atoms with E-state index in [9.17, 15) is 4.79 Å². The minimum Gasteiger partial charge on any atom is -0.480 e. The SMILES string of the molecule is COc1ncc(Cl)cc1Nc1ncc(C)c(N[C@@H]2CCCN(C(=O)OC(C)(C)C)C2)n1. The van der Waals surface area contributed by atoms with E-state index in [1.807, 2.05) is 27.7 Å². The van der Waals surface area contributed by atoms with E-state index in [1.54, 1.807) is 17.2 Å². The predicted octanol–water partition coefficient (Wildman–Crippen LogP) is 4.40. The molecule has 31 heavy (non-hydrogen) atoms. The highest BCUT2D eigenvalue weighted by molar-refractivity contribution is 6.30. The van der Waals surface area contributed by atoms with E-state index in [0.29, 0.717) is 41.4 Å². The molecule has 0 bridgehead atoms. The third kappa shape index (κ3) is 6.33. The van der Waals surface area contributed by atoms with Crippen LogP contribution in [0.5, 0.6) is 5.88 Å². The van der Waals surface area contributed by atoms with Gasteiger partial charge < -0.3 is 25.0 Å². The minimum atomic E-state index is -0.516. The summed E-state index contributed by atoms with van der Waals surface area (Å²) < 4.78 is 10.8. The van der Waals surface area contributed by atoms with Crippen LogP contribution >= 0.6 is 11.6 Å². The van der Waals surface area contributed by atoms with Crippen LogP contribution in [0.4, 0.5) is 22.2 Å². The van der Waals surface area contributed by atoms with Crippen LogP contribution in [0, 0.1) is 6.92 Å². The molecule has 1 amide bonds. The number of amides is 1. The summed E-state index contributed by atoms with van der Waals surface area (Å²) in [6, 6.07) is 1.76. The maximum absolute atomic E-state index is 12.4. The number of halogens is 1.